The van der Waals surface area contributed by atoms with Gasteiger partial charge in [0.2, 0.25) is 0 Å². The number of nitrogen functional groups attached to an aromatic ring is 1. The standard InChI is InChI=1S/C14H20ClFN2/c1-18(9-10-5-3-2-4-6-10)14-8-12(16)11(15)7-13(14)17/h7-8,10H,2-6,9,17H2,1H3. The molecule has 0 aliphatic heterocycles. The molecule has 1 fully saturated rings. The van der Waals surface area contributed by atoms with Crippen molar-refractivity contribution in [2.24, 2.45) is 5.92 Å². The predicted molar refractivity (Wildman–Crippen MR) is 75.7 cm³/mol. The molecular formula is C14H20ClFN2. The van der Waals surface area contributed by atoms with Crippen LogP contribution in [0.2, 0.25) is 5.02 Å². The molecule has 0 aromatic heterocycles. The first-order chi connectivity index (χ1) is 8.58. The van der Waals surface area contributed by atoms with Gasteiger partial charge in [0.05, 0.1) is 16.4 Å². The molecule has 0 heterocycles. The Kier molecular flexibility index (Phi) is 4.33. The lowest BCUT2D eigenvalue weighted by atomic mass is 9.89. The fourth-order valence-electron chi connectivity index (χ4n) is 2.74. The second-order valence-electron chi connectivity index (χ2n) is 5.21. The van der Waals surface area contributed by atoms with Gasteiger partial charge in [0.25, 0.3) is 0 Å². The van der Waals surface area contributed by atoms with Gasteiger partial charge in [-0.2, -0.15) is 0 Å². The Morgan fingerprint density at radius 1 is 1.33 bits per heavy atom. The molecule has 1 saturated carbocycles. The molecule has 0 radical (unpaired) electrons. The quantitative estimate of drug-likeness (QED) is 0.839. The largest absolute Gasteiger partial charge is 0.397 e. The van der Waals surface area contributed by atoms with Crippen molar-refractivity contribution in [3.63, 3.8) is 0 Å². The first-order valence-corrected chi connectivity index (χ1v) is 6.91. The van der Waals surface area contributed by atoms with Crippen LogP contribution in [0.3, 0.4) is 0 Å². The zero-order valence-corrected chi connectivity index (χ0v) is 11.5. The summed E-state index contributed by atoms with van der Waals surface area (Å²) in [5.74, 6) is 0.290. The molecule has 0 bridgehead atoms. The van der Waals surface area contributed by atoms with Crippen LogP contribution in [0.15, 0.2) is 12.1 Å². The zero-order valence-electron chi connectivity index (χ0n) is 10.8. The van der Waals surface area contributed by atoms with E-state index in [2.05, 4.69) is 0 Å². The van der Waals surface area contributed by atoms with Crippen molar-refractivity contribution in [3.8, 4) is 0 Å². The van der Waals surface area contributed by atoms with E-state index in [9.17, 15) is 4.39 Å². The molecule has 100 valence electrons. The lowest BCUT2D eigenvalue weighted by Gasteiger charge is -2.29. The Labute approximate surface area is 113 Å². The summed E-state index contributed by atoms with van der Waals surface area (Å²) in [5.41, 5.74) is 7.18. The maximum Gasteiger partial charge on any atom is 0.144 e. The van der Waals surface area contributed by atoms with E-state index in [-0.39, 0.29) is 5.02 Å². The van der Waals surface area contributed by atoms with E-state index >= 15 is 0 Å². The first-order valence-electron chi connectivity index (χ1n) is 6.53. The minimum absolute atomic E-state index is 0.0855. The summed E-state index contributed by atoms with van der Waals surface area (Å²) in [4.78, 5) is 2.05. The third kappa shape index (κ3) is 3.08. The van der Waals surface area contributed by atoms with Crippen LogP contribution in [-0.4, -0.2) is 13.6 Å². The van der Waals surface area contributed by atoms with Crippen molar-refractivity contribution in [2.75, 3.05) is 24.2 Å². The number of halogens is 2. The van der Waals surface area contributed by atoms with Crippen molar-refractivity contribution < 1.29 is 4.39 Å². The molecule has 2 N–H and O–H groups in total. The average molecular weight is 271 g/mol. The molecule has 4 heteroatoms. The molecule has 1 aliphatic rings. The topological polar surface area (TPSA) is 29.3 Å². The Bertz CT molecular complexity index is 417. The van der Waals surface area contributed by atoms with Gasteiger partial charge in [0, 0.05) is 19.7 Å². The summed E-state index contributed by atoms with van der Waals surface area (Å²) in [6.07, 6.45) is 6.49. The highest BCUT2D eigenvalue weighted by Gasteiger charge is 2.17. The number of anilines is 2. The summed E-state index contributed by atoms with van der Waals surface area (Å²) in [7, 11) is 1.97. The summed E-state index contributed by atoms with van der Waals surface area (Å²) in [6, 6.07) is 2.92. The van der Waals surface area contributed by atoms with Gasteiger partial charge in [-0.25, -0.2) is 4.39 Å². The maximum absolute atomic E-state index is 13.5. The number of hydrogen-bond acceptors (Lipinski definition) is 2. The molecule has 0 saturated heterocycles. The van der Waals surface area contributed by atoms with Gasteiger partial charge in [-0.1, -0.05) is 30.9 Å². The van der Waals surface area contributed by atoms with Crippen LogP contribution < -0.4 is 10.6 Å². The molecule has 1 aromatic carbocycles. The van der Waals surface area contributed by atoms with E-state index in [1.807, 2.05) is 11.9 Å². The zero-order chi connectivity index (χ0) is 13.1. The van der Waals surface area contributed by atoms with Crippen LogP contribution in [0.5, 0.6) is 0 Å². The number of hydrogen-bond donors (Lipinski definition) is 1. The van der Waals surface area contributed by atoms with E-state index in [4.69, 9.17) is 17.3 Å². The summed E-state index contributed by atoms with van der Waals surface area (Å²) in [6.45, 7) is 0.936. The molecule has 0 amide bonds. The third-order valence-electron chi connectivity index (χ3n) is 3.74. The van der Waals surface area contributed by atoms with E-state index in [0.717, 1.165) is 12.2 Å². The number of rotatable bonds is 3. The van der Waals surface area contributed by atoms with Gasteiger partial charge < -0.3 is 10.6 Å². The van der Waals surface area contributed by atoms with Crippen LogP contribution in [0.4, 0.5) is 15.8 Å². The fraction of sp³-hybridized carbons (Fsp3) is 0.571. The van der Waals surface area contributed by atoms with Crippen molar-refractivity contribution in [3.05, 3.63) is 23.0 Å². The number of nitrogens with zero attached hydrogens (tertiary/aromatic N) is 1. The molecule has 0 unspecified atom stereocenters. The van der Waals surface area contributed by atoms with E-state index in [0.29, 0.717) is 11.6 Å². The molecular weight excluding hydrogens is 251 g/mol. The lowest BCUT2D eigenvalue weighted by Crippen LogP contribution is -2.27. The highest BCUT2D eigenvalue weighted by atomic mass is 35.5. The summed E-state index contributed by atoms with van der Waals surface area (Å²) in [5, 5.41) is 0.0855. The second-order valence-corrected chi connectivity index (χ2v) is 5.62. The van der Waals surface area contributed by atoms with Gasteiger partial charge >= 0.3 is 0 Å². The van der Waals surface area contributed by atoms with Crippen molar-refractivity contribution >= 4 is 23.0 Å². The predicted octanol–water partition coefficient (Wildman–Crippen LogP) is 4.08. The van der Waals surface area contributed by atoms with Crippen LogP contribution in [0.25, 0.3) is 0 Å². The fourth-order valence-corrected chi connectivity index (χ4v) is 2.91. The first kappa shape index (κ1) is 13.5. The smallest absolute Gasteiger partial charge is 0.144 e. The van der Waals surface area contributed by atoms with Gasteiger partial charge in [0.15, 0.2) is 0 Å². The molecule has 2 nitrogen and oxygen atoms in total. The minimum Gasteiger partial charge on any atom is -0.397 e. The highest BCUT2D eigenvalue weighted by molar-refractivity contribution is 6.31. The average Bonchev–Trinajstić information content (AvgIpc) is 2.35. The number of nitrogens with two attached hydrogens (primary N) is 1. The molecule has 0 atom stereocenters. The Hall–Kier alpha value is -0.960. The van der Waals surface area contributed by atoms with Crippen molar-refractivity contribution in [2.45, 2.75) is 32.1 Å². The highest BCUT2D eigenvalue weighted by Crippen LogP contribution is 2.31. The molecule has 0 spiro atoms. The van der Waals surface area contributed by atoms with E-state index in [1.54, 1.807) is 0 Å². The van der Waals surface area contributed by atoms with Gasteiger partial charge in [-0.05, 0) is 24.8 Å². The Balaban J connectivity index is 2.08. The molecule has 2 rings (SSSR count). The van der Waals surface area contributed by atoms with Crippen molar-refractivity contribution in [1.29, 1.82) is 0 Å². The van der Waals surface area contributed by atoms with Crippen LogP contribution in [0.1, 0.15) is 32.1 Å². The summed E-state index contributed by atoms with van der Waals surface area (Å²) < 4.78 is 13.5. The Morgan fingerprint density at radius 3 is 2.67 bits per heavy atom. The number of benzene rings is 1. The normalized spacial score (nSPS) is 16.8. The second kappa shape index (κ2) is 5.79. The van der Waals surface area contributed by atoms with E-state index < -0.39 is 5.82 Å². The monoisotopic (exact) mass is 270 g/mol. The Morgan fingerprint density at radius 2 is 2.00 bits per heavy atom. The van der Waals surface area contributed by atoms with E-state index in [1.165, 1.54) is 44.2 Å². The van der Waals surface area contributed by atoms with Crippen molar-refractivity contribution in [1.82, 2.24) is 0 Å². The molecule has 18 heavy (non-hydrogen) atoms. The van der Waals surface area contributed by atoms with Gasteiger partial charge in [-0.3, -0.25) is 0 Å². The SMILES string of the molecule is CN(CC1CCCCC1)c1cc(F)c(Cl)cc1N. The third-order valence-corrected chi connectivity index (χ3v) is 4.03. The van der Waals surface area contributed by atoms with Crippen LogP contribution in [0, 0.1) is 11.7 Å². The maximum atomic E-state index is 13.5. The van der Waals surface area contributed by atoms with Crippen LogP contribution in [-0.2, 0) is 0 Å². The molecule has 1 aromatic rings. The lowest BCUT2D eigenvalue weighted by molar-refractivity contribution is 0.362. The minimum atomic E-state index is -0.406. The van der Waals surface area contributed by atoms with Gasteiger partial charge in [-0.15, -0.1) is 0 Å². The molecule has 1 aliphatic carbocycles. The van der Waals surface area contributed by atoms with Crippen LogP contribution >= 0.6 is 11.6 Å². The summed E-state index contributed by atoms with van der Waals surface area (Å²) >= 11 is 5.71. The van der Waals surface area contributed by atoms with Gasteiger partial charge in [0.1, 0.15) is 5.82 Å².